The number of hydrogen-bond donors (Lipinski definition) is 0. The van der Waals surface area contributed by atoms with E-state index in [1.165, 1.54) is 42.5 Å². The Morgan fingerprint density at radius 2 is 1.52 bits per heavy atom. The average molecular weight is 408 g/mol. The maximum atomic E-state index is 13.7. The van der Waals surface area contributed by atoms with Crippen LogP contribution in [0.5, 0.6) is 0 Å². The number of anilines is 2. The summed E-state index contributed by atoms with van der Waals surface area (Å²) in [5, 5.41) is -0.0762. The van der Waals surface area contributed by atoms with Gasteiger partial charge >= 0.3 is 12.4 Å². The Balaban J connectivity index is 2.06. The van der Waals surface area contributed by atoms with Crippen molar-refractivity contribution >= 4 is 39.5 Å². The molecule has 4 rings (SSSR count). The minimum Gasteiger partial charge on any atom is -0.290 e. The van der Waals surface area contributed by atoms with Crippen LogP contribution in [-0.4, -0.2) is 24.0 Å². The van der Waals surface area contributed by atoms with E-state index in [4.69, 9.17) is 0 Å². The number of halogens is 6. The van der Waals surface area contributed by atoms with Crippen molar-refractivity contribution in [1.82, 2.24) is 0 Å². The summed E-state index contributed by atoms with van der Waals surface area (Å²) in [6, 6.07) is 13.3. The minimum atomic E-state index is -5.12. The van der Waals surface area contributed by atoms with Crippen LogP contribution in [0.3, 0.4) is 0 Å². The molecule has 1 aliphatic heterocycles. The number of alkyl halides is 6. The maximum absolute atomic E-state index is 13.7. The number of benzene rings is 3. The lowest BCUT2D eigenvalue weighted by Gasteiger charge is -2.32. The third-order valence-corrected chi connectivity index (χ3v) is 4.45. The van der Waals surface area contributed by atoms with E-state index in [0.717, 1.165) is 17.0 Å². The molecule has 3 nitrogen and oxygen atoms in total. The lowest BCUT2D eigenvalue weighted by Crippen LogP contribution is -2.39. The van der Waals surface area contributed by atoms with Crippen LogP contribution in [0.15, 0.2) is 65.7 Å². The molecule has 0 saturated heterocycles. The van der Waals surface area contributed by atoms with E-state index < -0.39 is 29.5 Å². The zero-order chi connectivity index (χ0) is 21.0. The van der Waals surface area contributed by atoms with E-state index >= 15 is 0 Å². The zero-order valence-corrected chi connectivity index (χ0v) is 14.3. The molecule has 3 aromatic rings. The summed E-state index contributed by atoms with van der Waals surface area (Å²) < 4.78 is 80.2. The quantitative estimate of drug-likeness (QED) is 0.367. The first-order valence-electron chi connectivity index (χ1n) is 8.27. The van der Waals surface area contributed by atoms with Gasteiger partial charge in [-0.2, -0.15) is 26.3 Å². The standard InChI is InChI=1S/C20H10F6N2O/c21-19(22,23)17(29)13-9-10-15-16-12(13)7-4-8-14(16)27-18(20(24,25)26)28(15)11-5-2-1-3-6-11/h1-10H. The molecule has 1 heterocycles. The fourth-order valence-corrected chi connectivity index (χ4v) is 3.31. The first-order chi connectivity index (χ1) is 13.6. The van der Waals surface area contributed by atoms with E-state index in [-0.39, 0.29) is 27.8 Å². The smallest absolute Gasteiger partial charge is 0.290 e. The topological polar surface area (TPSA) is 32.7 Å². The van der Waals surface area contributed by atoms with Crippen molar-refractivity contribution in [2.45, 2.75) is 12.4 Å². The molecular formula is C20H10F6N2O. The second kappa shape index (κ2) is 6.33. The second-order valence-corrected chi connectivity index (χ2v) is 6.26. The van der Waals surface area contributed by atoms with Crippen LogP contribution in [-0.2, 0) is 0 Å². The number of amidine groups is 1. The van der Waals surface area contributed by atoms with Gasteiger partial charge in [-0.25, -0.2) is 4.99 Å². The van der Waals surface area contributed by atoms with E-state index in [1.807, 2.05) is 0 Å². The molecule has 9 heteroatoms. The van der Waals surface area contributed by atoms with Crippen molar-refractivity contribution in [1.29, 1.82) is 0 Å². The largest absolute Gasteiger partial charge is 0.454 e. The fraction of sp³-hybridized carbons (Fsp3) is 0.100. The van der Waals surface area contributed by atoms with Crippen LogP contribution in [0, 0.1) is 0 Å². The molecule has 0 spiro atoms. The Bertz CT molecular complexity index is 1150. The highest BCUT2D eigenvalue weighted by Gasteiger charge is 2.45. The van der Waals surface area contributed by atoms with Crippen LogP contribution in [0.4, 0.5) is 43.4 Å². The van der Waals surface area contributed by atoms with Gasteiger partial charge in [0.2, 0.25) is 5.84 Å². The van der Waals surface area contributed by atoms with Crippen LogP contribution < -0.4 is 4.90 Å². The minimum absolute atomic E-state index is 0.0113. The second-order valence-electron chi connectivity index (χ2n) is 6.26. The third-order valence-electron chi connectivity index (χ3n) is 4.45. The first kappa shape index (κ1) is 19.0. The van der Waals surface area contributed by atoms with Crippen molar-refractivity contribution in [3.05, 3.63) is 66.2 Å². The number of carbonyl (C=O) groups excluding carboxylic acids is 1. The number of Topliss-reactive ketones (excluding diaryl/α,β-unsaturated/α-hetero) is 1. The lowest BCUT2D eigenvalue weighted by atomic mass is 9.96. The molecule has 0 aliphatic carbocycles. The normalized spacial score (nSPS) is 14.1. The molecule has 1 aliphatic rings. The van der Waals surface area contributed by atoms with Gasteiger partial charge in [-0.1, -0.05) is 30.3 Å². The van der Waals surface area contributed by atoms with Crippen LogP contribution in [0.2, 0.25) is 0 Å². The number of aliphatic imine (C=N–C) groups is 1. The highest BCUT2D eigenvalue weighted by Crippen LogP contribution is 2.46. The number of para-hydroxylation sites is 1. The summed E-state index contributed by atoms with van der Waals surface area (Å²) >= 11 is 0. The third kappa shape index (κ3) is 3.12. The molecule has 0 amide bonds. The van der Waals surface area contributed by atoms with E-state index in [2.05, 4.69) is 4.99 Å². The van der Waals surface area contributed by atoms with Crippen LogP contribution >= 0.6 is 0 Å². The zero-order valence-electron chi connectivity index (χ0n) is 14.3. The molecule has 0 fully saturated rings. The molecule has 0 radical (unpaired) electrons. The fourth-order valence-electron chi connectivity index (χ4n) is 3.31. The number of rotatable bonds is 2. The lowest BCUT2D eigenvalue weighted by molar-refractivity contribution is -0.0884. The SMILES string of the molecule is O=C(c1ccc2c3c(cccc13)N=C(C(F)(F)F)N2c1ccccc1)C(F)(F)F. The molecule has 0 N–H and O–H groups in total. The van der Waals surface area contributed by atoms with Gasteiger partial charge in [0, 0.05) is 16.6 Å². The van der Waals surface area contributed by atoms with Gasteiger partial charge in [-0.15, -0.1) is 0 Å². The van der Waals surface area contributed by atoms with Gasteiger partial charge in [0.1, 0.15) is 0 Å². The number of ketones is 1. The maximum Gasteiger partial charge on any atom is 0.454 e. The van der Waals surface area contributed by atoms with Gasteiger partial charge in [-0.05, 0) is 35.7 Å². The Morgan fingerprint density at radius 3 is 2.14 bits per heavy atom. The monoisotopic (exact) mass is 408 g/mol. The van der Waals surface area contributed by atoms with Crippen LogP contribution in [0.25, 0.3) is 10.8 Å². The summed E-state index contributed by atoms with van der Waals surface area (Å²) in [4.78, 5) is 16.3. The molecule has 0 unspecified atom stereocenters. The summed E-state index contributed by atoms with van der Waals surface area (Å²) in [5.41, 5.74) is -0.678. The van der Waals surface area contributed by atoms with Crippen molar-refractivity contribution < 1.29 is 31.1 Å². The highest BCUT2D eigenvalue weighted by molar-refractivity contribution is 6.23. The Kier molecular flexibility index (Phi) is 4.14. The summed E-state index contributed by atoms with van der Waals surface area (Å²) in [7, 11) is 0. The molecule has 3 aromatic carbocycles. The number of hydrogen-bond acceptors (Lipinski definition) is 3. The molecule has 0 atom stereocenters. The molecule has 29 heavy (non-hydrogen) atoms. The Hall–Kier alpha value is -3.36. The van der Waals surface area contributed by atoms with E-state index in [1.54, 1.807) is 6.07 Å². The molecular weight excluding hydrogens is 398 g/mol. The summed E-state index contributed by atoms with van der Waals surface area (Å²) in [5.74, 6) is -3.29. The number of nitrogens with zero attached hydrogens (tertiary/aromatic N) is 2. The summed E-state index contributed by atoms with van der Waals surface area (Å²) in [6.07, 6.45) is -9.94. The highest BCUT2D eigenvalue weighted by atomic mass is 19.4. The van der Waals surface area contributed by atoms with Crippen molar-refractivity contribution in [2.75, 3.05) is 4.90 Å². The molecule has 0 saturated carbocycles. The van der Waals surface area contributed by atoms with Crippen molar-refractivity contribution in [3.63, 3.8) is 0 Å². The Morgan fingerprint density at radius 1 is 0.828 bits per heavy atom. The van der Waals surface area contributed by atoms with Gasteiger partial charge in [0.05, 0.1) is 11.4 Å². The van der Waals surface area contributed by atoms with Gasteiger partial charge < -0.3 is 0 Å². The predicted octanol–water partition coefficient (Wildman–Crippen LogP) is 6.33. The van der Waals surface area contributed by atoms with E-state index in [0.29, 0.717) is 0 Å². The number of carbonyl (C=O) groups is 1. The Labute approximate surface area is 159 Å². The van der Waals surface area contributed by atoms with Gasteiger partial charge in [-0.3, -0.25) is 9.69 Å². The van der Waals surface area contributed by atoms with Gasteiger partial charge in [0.25, 0.3) is 5.78 Å². The average Bonchev–Trinajstić information content (AvgIpc) is 2.67. The summed E-state index contributed by atoms with van der Waals surface area (Å²) in [6.45, 7) is 0. The van der Waals surface area contributed by atoms with Gasteiger partial charge in [0.15, 0.2) is 0 Å². The van der Waals surface area contributed by atoms with Crippen molar-refractivity contribution in [3.8, 4) is 0 Å². The van der Waals surface area contributed by atoms with E-state index in [9.17, 15) is 31.1 Å². The predicted molar refractivity (Wildman–Crippen MR) is 96.1 cm³/mol. The van der Waals surface area contributed by atoms with Crippen molar-refractivity contribution in [2.24, 2.45) is 4.99 Å². The first-order valence-corrected chi connectivity index (χ1v) is 8.27. The molecule has 0 bridgehead atoms. The molecule has 0 aromatic heterocycles. The van der Waals surface area contributed by atoms with Crippen LogP contribution in [0.1, 0.15) is 10.4 Å². The molecule has 148 valence electrons.